The molecule has 0 aromatic carbocycles. The first-order valence-corrected chi connectivity index (χ1v) is 7.13. The van der Waals surface area contributed by atoms with Crippen molar-refractivity contribution >= 4 is 5.78 Å². The van der Waals surface area contributed by atoms with Gasteiger partial charge in [-0.05, 0) is 32.1 Å². The minimum absolute atomic E-state index is 0.247. The lowest BCUT2D eigenvalue weighted by atomic mass is 9.97. The van der Waals surface area contributed by atoms with Crippen molar-refractivity contribution in [2.45, 2.75) is 59.3 Å². The second kappa shape index (κ2) is 7.52. The van der Waals surface area contributed by atoms with Crippen molar-refractivity contribution in [3.05, 3.63) is 11.8 Å². The van der Waals surface area contributed by atoms with Crippen LogP contribution in [0.1, 0.15) is 59.3 Å². The summed E-state index contributed by atoms with van der Waals surface area (Å²) in [7, 11) is 0. The van der Waals surface area contributed by atoms with Crippen LogP contribution in [0.15, 0.2) is 11.8 Å². The third kappa shape index (κ3) is 4.93. The summed E-state index contributed by atoms with van der Waals surface area (Å²) in [5.41, 5.74) is 1.02. The average molecular weight is 237 g/mol. The SMILES string of the molecule is CCCCC(CC)CN1C=C(C(C)=O)CCC1. The molecular weight excluding hydrogens is 210 g/mol. The van der Waals surface area contributed by atoms with E-state index >= 15 is 0 Å². The van der Waals surface area contributed by atoms with Gasteiger partial charge in [0.05, 0.1) is 0 Å². The fourth-order valence-corrected chi connectivity index (χ4v) is 2.48. The molecule has 0 aromatic rings. The van der Waals surface area contributed by atoms with Gasteiger partial charge in [-0.15, -0.1) is 0 Å². The predicted molar refractivity (Wildman–Crippen MR) is 72.9 cm³/mol. The van der Waals surface area contributed by atoms with E-state index in [0.29, 0.717) is 0 Å². The van der Waals surface area contributed by atoms with Crippen molar-refractivity contribution in [2.24, 2.45) is 5.92 Å². The molecule has 0 bridgehead atoms. The number of Topliss-reactive ketones (excluding diaryl/α,β-unsaturated/α-hetero) is 1. The Labute approximate surface area is 106 Å². The number of unbranched alkanes of at least 4 members (excludes halogenated alkanes) is 1. The number of ketones is 1. The van der Waals surface area contributed by atoms with Crippen molar-refractivity contribution in [2.75, 3.05) is 13.1 Å². The highest BCUT2D eigenvalue weighted by Gasteiger charge is 2.16. The zero-order valence-electron chi connectivity index (χ0n) is 11.7. The lowest BCUT2D eigenvalue weighted by Crippen LogP contribution is -2.29. The molecule has 0 saturated heterocycles. The summed E-state index contributed by atoms with van der Waals surface area (Å²) in [6.07, 6.45) is 9.40. The van der Waals surface area contributed by atoms with Gasteiger partial charge in [-0.25, -0.2) is 0 Å². The first kappa shape index (κ1) is 14.3. The van der Waals surface area contributed by atoms with Gasteiger partial charge in [-0.1, -0.05) is 33.1 Å². The van der Waals surface area contributed by atoms with Crippen LogP contribution in [0.2, 0.25) is 0 Å². The molecule has 1 rings (SSSR count). The fraction of sp³-hybridized carbons (Fsp3) is 0.800. The number of allylic oxidation sites excluding steroid dienone is 1. The van der Waals surface area contributed by atoms with Crippen LogP contribution in [0.25, 0.3) is 0 Å². The number of nitrogens with zero attached hydrogens (tertiary/aromatic N) is 1. The van der Waals surface area contributed by atoms with Gasteiger partial charge >= 0.3 is 0 Å². The predicted octanol–water partition coefficient (Wildman–Crippen LogP) is 3.77. The lowest BCUT2D eigenvalue weighted by Gasteiger charge is -2.29. The molecule has 0 radical (unpaired) electrons. The van der Waals surface area contributed by atoms with Crippen molar-refractivity contribution in [1.82, 2.24) is 4.90 Å². The summed E-state index contributed by atoms with van der Waals surface area (Å²) in [4.78, 5) is 13.7. The summed E-state index contributed by atoms with van der Waals surface area (Å²) >= 11 is 0. The Morgan fingerprint density at radius 1 is 1.47 bits per heavy atom. The van der Waals surface area contributed by atoms with Crippen molar-refractivity contribution in [3.8, 4) is 0 Å². The minimum atomic E-state index is 0.247. The minimum Gasteiger partial charge on any atom is -0.377 e. The Morgan fingerprint density at radius 2 is 2.24 bits per heavy atom. The number of carbonyl (C=O) groups excluding carboxylic acids is 1. The summed E-state index contributed by atoms with van der Waals surface area (Å²) in [6.45, 7) is 8.47. The van der Waals surface area contributed by atoms with Gasteiger partial charge in [0.1, 0.15) is 0 Å². The molecule has 1 aliphatic rings. The van der Waals surface area contributed by atoms with E-state index in [1.807, 2.05) is 0 Å². The zero-order chi connectivity index (χ0) is 12.7. The lowest BCUT2D eigenvalue weighted by molar-refractivity contribution is -0.113. The fourth-order valence-electron chi connectivity index (χ4n) is 2.48. The van der Waals surface area contributed by atoms with Gasteiger partial charge in [0.25, 0.3) is 0 Å². The molecule has 2 heteroatoms. The van der Waals surface area contributed by atoms with Crippen LogP contribution >= 0.6 is 0 Å². The maximum atomic E-state index is 11.4. The summed E-state index contributed by atoms with van der Waals surface area (Å²) in [6, 6.07) is 0. The Bertz CT molecular complexity index is 270. The van der Waals surface area contributed by atoms with Gasteiger partial charge in [0.15, 0.2) is 5.78 Å². The van der Waals surface area contributed by atoms with E-state index in [1.54, 1.807) is 6.92 Å². The smallest absolute Gasteiger partial charge is 0.157 e. The number of hydrogen-bond acceptors (Lipinski definition) is 2. The third-order valence-corrected chi connectivity index (χ3v) is 3.72. The zero-order valence-corrected chi connectivity index (χ0v) is 11.7. The van der Waals surface area contributed by atoms with Crippen molar-refractivity contribution < 1.29 is 4.79 Å². The molecule has 1 aliphatic heterocycles. The summed E-state index contributed by atoms with van der Waals surface area (Å²) < 4.78 is 0. The maximum absolute atomic E-state index is 11.4. The maximum Gasteiger partial charge on any atom is 0.157 e. The van der Waals surface area contributed by atoms with Crippen molar-refractivity contribution in [3.63, 3.8) is 0 Å². The molecule has 1 heterocycles. The van der Waals surface area contributed by atoms with E-state index in [1.165, 1.54) is 25.7 Å². The van der Waals surface area contributed by atoms with Crippen LogP contribution in [0.3, 0.4) is 0 Å². The van der Waals surface area contributed by atoms with E-state index < -0.39 is 0 Å². The highest BCUT2D eigenvalue weighted by Crippen LogP contribution is 2.20. The van der Waals surface area contributed by atoms with Crippen LogP contribution in [0.5, 0.6) is 0 Å². The normalized spacial score (nSPS) is 17.8. The Hall–Kier alpha value is -0.790. The van der Waals surface area contributed by atoms with Crippen LogP contribution in [-0.2, 0) is 4.79 Å². The Balaban J connectivity index is 2.48. The number of rotatable bonds is 7. The quantitative estimate of drug-likeness (QED) is 0.671. The molecule has 0 saturated carbocycles. The van der Waals surface area contributed by atoms with Gasteiger partial charge in [-0.2, -0.15) is 0 Å². The van der Waals surface area contributed by atoms with Gasteiger partial charge in [0.2, 0.25) is 0 Å². The molecule has 98 valence electrons. The van der Waals surface area contributed by atoms with Gasteiger partial charge < -0.3 is 4.90 Å². The molecular formula is C15H27NO. The Morgan fingerprint density at radius 3 is 2.82 bits per heavy atom. The van der Waals surface area contributed by atoms with Crippen LogP contribution < -0.4 is 0 Å². The molecule has 1 unspecified atom stereocenters. The van der Waals surface area contributed by atoms with Gasteiger partial charge in [-0.3, -0.25) is 4.79 Å². The van der Waals surface area contributed by atoms with Crippen molar-refractivity contribution in [1.29, 1.82) is 0 Å². The standard InChI is InChI=1S/C15H27NO/c1-4-6-8-14(5-2)11-16-10-7-9-15(12-16)13(3)17/h12,14H,4-11H2,1-3H3. The van der Waals surface area contributed by atoms with E-state index in [-0.39, 0.29) is 5.78 Å². The van der Waals surface area contributed by atoms with Crippen LogP contribution in [-0.4, -0.2) is 23.8 Å². The molecule has 0 N–H and O–H groups in total. The molecule has 0 aliphatic carbocycles. The van der Waals surface area contributed by atoms with Crippen LogP contribution in [0.4, 0.5) is 0 Å². The molecule has 2 nitrogen and oxygen atoms in total. The Kier molecular flexibility index (Phi) is 6.31. The van der Waals surface area contributed by atoms with E-state index in [2.05, 4.69) is 24.9 Å². The van der Waals surface area contributed by atoms with E-state index in [9.17, 15) is 4.79 Å². The number of carbonyl (C=O) groups is 1. The third-order valence-electron chi connectivity index (χ3n) is 3.72. The molecule has 0 amide bonds. The summed E-state index contributed by atoms with van der Waals surface area (Å²) in [5, 5.41) is 0. The molecule has 0 aromatic heterocycles. The molecule has 1 atom stereocenters. The monoisotopic (exact) mass is 237 g/mol. The average Bonchev–Trinajstić information content (AvgIpc) is 2.34. The molecule has 0 spiro atoms. The highest BCUT2D eigenvalue weighted by atomic mass is 16.1. The van der Waals surface area contributed by atoms with Gasteiger partial charge in [0, 0.05) is 24.9 Å². The second-order valence-electron chi connectivity index (χ2n) is 5.23. The first-order chi connectivity index (χ1) is 8.17. The summed E-state index contributed by atoms with van der Waals surface area (Å²) in [5.74, 6) is 1.04. The largest absolute Gasteiger partial charge is 0.377 e. The highest BCUT2D eigenvalue weighted by molar-refractivity contribution is 5.93. The van der Waals surface area contributed by atoms with Crippen LogP contribution in [0, 0.1) is 5.92 Å². The first-order valence-electron chi connectivity index (χ1n) is 7.13. The molecule has 0 fully saturated rings. The second-order valence-corrected chi connectivity index (χ2v) is 5.23. The number of hydrogen-bond donors (Lipinski definition) is 0. The molecule has 17 heavy (non-hydrogen) atoms. The topological polar surface area (TPSA) is 20.3 Å². The van der Waals surface area contributed by atoms with E-state index in [4.69, 9.17) is 0 Å². The van der Waals surface area contributed by atoms with E-state index in [0.717, 1.165) is 37.4 Å².